The molecule has 1 aromatic carbocycles. The van der Waals surface area contributed by atoms with Gasteiger partial charge in [-0.1, -0.05) is 23.9 Å². The first-order chi connectivity index (χ1) is 10.0. The number of carbonyl (C=O) groups excluding carboxylic acids is 1. The average molecular weight is 299 g/mol. The molecule has 0 unspecified atom stereocenters. The minimum Gasteiger partial charge on any atom is -0.382 e. The summed E-state index contributed by atoms with van der Waals surface area (Å²) in [5.41, 5.74) is 7.96. The Kier molecular flexibility index (Phi) is 4.40. The SMILES string of the molecule is CSc1nc(N)c(C#N)c(-c2ccc(NC(C)=O)cc2)n1. The van der Waals surface area contributed by atoms with Crippen molar-refractivity contribution in [1.29, 1.82) is 5.26 Å². The minimum atomic E-state index is -0.142. The third-order valence-corrected chi connectivity index (χ3v) is 3.24. The highest BCUT2D eigenvalue weighted by Crippen LogP contribution is 2.27. The van der Waals surface area contributed by atoms with Crippen molar-refractivity contribution in [3.05, 3.63) is 29.8 Å². The molecule has 106 valence electrons. The topological polar surface area (TPSA) is 105 Å². The van der Waals surface area contributed by atoms with Crippen LogP contribution in [0.5, 0.6) is 0 Å². The predicted octanol–water partition coefficient (Wildman–Crippen LogP) is 2.28. The number of anilines is 2. The van der Waals surface area contributed by atoms with Gasteiger partial charge in [0.25, 0.3) is 0 Å². The lowest BCUT2D eigenvalue weighted by Crippen LogP contribution is -2.05. The number of amides is 1. The van der Waals surface area contributed by atoms with Gasteiger partial charge in [-0.2, -0.15) is 5.26 Å². The van der Waals surface area contributed by atoms with Crippen molar-refractivity contribution < 1.29 is 4.79 Å². The summed E-state index contributed by atoms with van der Waals surface area (Å²) in [5.74, 6) is 0.0224. The Hall–Kier alpha value is -2.59. The lowest BCUT2D eigenvalue weighted by molar-refractivity contribution is -0.114. The molecule has 7 heteroatoms. The molecule has 1 aromatic heterocycles. The summed E-state index contributed by atoms with van der Waals surface area (Å²) in [6, 6.07) is 9.07. The normalized spacial score (nSPS) is 9.95. The number of benzene rings is 1. The summed E-state index contributed by atoms with van der Waals surface area (Å²) < 4.78 is 0. The monoisotopic (exact) mass is 299 g/mol. The summed E-state index contributed by atoms with van der Waals surface area (Å²) in [4.78, 5) is 19.4. The fraction of sp³-hybridized carbons (Fsp3) is 0.143. The fourth-order valence-corrected chi connectivity index (χ4v) is 2.15. The van der Waals surface area contributed by atoms with Gasteiger partial charge in [0.2, 0.25) is 5.91 Å². The molecule has 0 saturated heterocycles. The molecule has 1 amide bonds. The fourth-order valence-electron chi connectivity index (χ4n) is 1.78. The van der Waals surface area contributed by atoms with E-state index in [-0.39, 0.29) is 17.3 Å². The molecule has 0 atom stereocenters. The Morgan fingerprint density at radius 3 is 2.52 bits per heavy atom. The zero-order valence-corrected chi connectivity index (χ0v) is 12.4. The summed E-state index contributed by atoms with van der Waals surface area (Å²) >= 11 is 1.35. The lowest BCUT2D eigenvalue weighted by atomic mass is 10.1. The molecule has 0 aliphatic heterocycles. The van der Waals surface area contributed by atoms with E-state index in [1.54, 1.807) is 24.3 Å². The Labute approximate surface area is 126 Å². The van der Waals surface area contributed by atoms with E-state index in [2.05, 4.69) is 15.3 Å². The number of nitrogen functional groups attached to an aromatic ring is 1. The molecule has 1 heterocycles. The second-order valence-electron chi connectivity index (χ2n) is 4.19. The summed E-state index contributed by atoms with van der Waals surface area (Å²) in [7, 11) is 0. The maximum atomic E-state index is 11.0. The first-order valence-corrected chi connectivity index (χ1v) is 7.27. The van der Waals surface area contributed by atoms with Gasteiger partial charge < -0.3 is 11.1 Å². The number of nitrogens with zero attached hydrogens (tertiary/aromatic N) is 3. The van der Waals surface area contributed by atoms with Gasteiger partial charge in [0.05, 0.1) is 5.69 Å². The van der Waals surface area contributed by atoms with E-state index in [4.69, 9.17) is 5.73 Å². The van der Waals surface area contributed by atoms with Crippen LogP contribution in [0.2, 0.25) is 0 Å². The lowest BCUT2D eigenvalue weighted by Gasteiger charge is -2.08. The summed E-state index contributed by atoms with van der Waals surface area (Å²) in [6.07, 6.45) is 1.84. The largest absolute Gasteiger partial charge is 0.382 e. The maximum absolute atomic E-state index is 11.0. The molecule has 0 bridgehead atoms. The van der Waals surface area contributed by atoms with E-state index >= 15 is 0 Å². The Morgan fingerprint density at radius 2 is 2.00 bits per heavy atom. The number of rotatable bonds is 3. The van der Waals surface area contributed by atoms with Gasteiger partial charge in [-0.15, -0.1) is 0 Å². The van der Waals surface area contributed by atoms with Crippen molar-refractivity contribution in [2.45, 2.75) is 12.1 Å². The van der Waals surface area contributed by atoms with Crippen molar-refractivity contribution in [1.82, 2.24) is 9.97 Å². The van der Waals surface area contributed by atoms with Crippen LogP contribution in [0.15, 0.2) is 29.4 Å². The van der Waals surface area contributed by atoms with Gasteiger partial charge in [-0.05, 0) is 18.4 Å². The third-order valence-electron chi connectivity index (χ3n) is 2.69. The molecule has 0 saturated carbocycles. The van der Waals surface area contributed by atoms with Gasteiger partial charge >= 0.3 is 0 Å². The van der Waals surface area contributed by atoms with E-state index in [1.807, 2.05) is 12.3 Å². The maximum Gasteiger partial charge on any atom is 0.221 e. The molecule has 3 N–H and O–H groups in total. The number of nitriles is 1. The first kappa shape index (κ1) is 14.8. The molecular weight excluding hydrogens is 286 g/mol. The van der Waals surface area contributed by atoms with E-state index in [9.17, 15) is 10.1 Å². The van der Waals surface area contributed by atoms with E-state index in [0.29, 0.717) is 16.5 Å². The molecule has 0 radical (unpaired) electrons. The molecule has 0 fully saturated rings. The van der Waals surface area contributed by atoms with Crippen LogP contribution in [-0.4, -0.2) is 22.1 Å². The first-order valence-electron chi connectivity index (χ1n) is 6.04. The summed E-state index contributed by atoms with van der Waals surface area (Å²) in [5, 5.41) is 12.4. The van der Waals surface area contributed by atoms with Crippen molar-refractivity contribution in [2.75, 3.05) is 17.3 Å². The van der Waals surface area contributed by atoms with Crippen molar-refractivity contribution in [3.8, 4) is 17.3 Å². The van der Waals surface area contributed by atoms with E-state index in [1.165, 1.54) is 18.7 Å². The average Bonchev–Trinajstić information content (AvgIpc) is 2.46. The Morgan fingerprint density at radius 1 is 1.33 bits per heavy atom. The van der Waals surface area contributed by atoms with Gasteiger partial charge in [0.15, 0.2) is 5.16 Å². The second kappa shape index (κ2) is 6.24. The molecule has 0 aliphatic carbocycles. The zero-order chi connectivity index (χ0) is 15.4. The summed E-state index contributed by atoms with van der Waals surface area (Å²) in [6.45, 7) is 1.44. The second-order valence-corrected chi connectivity index (χ2v) is 4.96. The van der Waals surface area contributed by atoms with Crippen LogP contribution in [0.3, 0.4) is 0 Å². The van der Waals surface area contributed by atoms with Crippen LogP contribution in [0.25, 0.3) is 11.3 Å². The van der Waals surface area contributed by atoms with Gasteiger partial charge in [0, 0.05) is 18.2 Å². The number of nitrogens with one attached hydrogen (secondary N) is 1. The van der Waals surface area contributed by atoms with Gasteiger partial charge in [0.1, 0.15) is 17.5 Å². The van der Waals surface area contributed by atoms with Crippen LogP contribution in [0.4, 0.5) is 11.5 Å². The van der Waals surface area contributed by atoms with Crippen molar-refractivity contribution in [2.24, 2.45) is 0 Å². The van der Waals surface area contributed by atoms with Crippen molar-refractivity contribution >= 4 is 29.2 Å². The van der Waals surface area contributed by atoms with E-state index in [0.717, 1.165) is 5.56 Å². The molecule has 0 aliphatic rings. The third kappa shape index (κ3) is 3.30. The molecule has 2 aromatic rings. The highest BCUT2D eigenvalue weighted by atomic mass is 32.2. The van der Waals surface area contributed by atoms with Crippen LogP contribution < -0.4 is 11.1 Å². The highest BCUT2D eigenvalue weighted by Gasteiger charge is 2.13. The molecule has 0 spiro atoms. The van der Waals surface area contributed by atoms with Crippen LogP contribution in [-0.2, 0) is 4.79 Å². The van der Waals surface area contributed by atoms with Crippen LogP contribution >= 0.6 is 11.8 Å². The standard InChI is InChI=1S/C14H13N5OS/c1-8(20)17-10-5-3-9(4-6-10)12-11(7-15)13(16)19-14(18-12)21-2/h3-6H,1-2H3,(H,17,20)(H2,16,18,19). The number of carbonyl (C=O) groups is 1. The zero-order valence-electron chi connectivity index (χ0n) is 11.5. The number of hydrogen-bond donors (Lipinski definition) is 2. The quantitative estimate of drug-likeness (QED) is 0.665. The number of hydrogen-bond acceptors (Lipinski definition) is 6. The number of aromatic nitrogens is 2. The minimum absolute atomic E-state index is 0.142. The predicted molar refractivity (Wildman–Crippen MR) is 82.7 cm³/mol. The molecule has 2 rings (SSSR count). The van der Waals surface area contributed by atoms with Gasteiger partial charge in [-0.25, -0.2) is 9.97 Å². The molecule has 6 nitrogen and oxygen atoms in total. The van der Waals surface area contributed by atoms with E-state index < -0.39 is 0 Å². The van der Waals surface area contributed by atoms with Crippen LogP contribution in [0.1, 0.15) is 12.5 Å². The highest BCUT2D eigenvalue weighted by molar-refractivity contribution is 7.98. The molecule has 21 heavy (non-hydrogen) atoms. The van der Waals surface area contributed by atoms with Crippen LogP contribution in [0, 0.1) is 11.3 Å². The number of nitrogens with two attached hydrogens (primary N) is 1. The van der Waals surface area contributed by atoms with Crippen molar-refractivity contribution in [3.63, 3.8) is 0 Å². The molecular formula is C14H13N5OS. The Bertz CT molecular complexity index is 721. The smallest absolute Gasteiger partial charge is 0.221 e. The Balaban J connectivity index is 2.48. The van der Waals surface area contributed by atoms with Gasteiger partial charge in [-0.3, -0.25) is 4.79 Å². The number of thioether (sulfide) groups is 1.